The van der Waals surface area contributed by atoms with Crippen molar-refractivity contribution in [1.29, 1.82) is 10.5 Å². The fourth-order valence-corrected chi connectivity index (χ4v) is 14.8. The molecule has 1 aromatic carbocycles. The first kappa shape index (κ1) is 131. The number of benzene rings is 1. The van der Waals surface area contributed by atoms with Crippen LogP contribution in [0.1, 0.15) is 226 Å². The quantitative estimate of drug-likeness (QED) is 0.0164. The molecule has 0 heterocycles. The molecule has 0 radical (unpaired) electrons. The SMILES string of the molecule is CCC(C)C#N.CCC(C)C(=O)OC.CCC(C)C(=O)OC.CCC(C)C(=O)OCC1=C2C=CC3=C4C(=CC=C(C=C1)C24)CC=C3.CCC(C)c1ccccc1.CCC(CO)(CO)COCCCSCC(C)C#N.CCC(CO)(CO)COCCCSCC(C)C(=O)O.CCC(CO)(CO)COCCCSCC(C)C(=O)O.CCC(CO)(CO)COCCCSCC(C)C(=O)O. The fraction of sp³-hybridized carbons (Fsp3) is 0.723. The van der Waals surface area contributed by atoms with Crippen LogP contribution in [0.15, 0.2) is 112 Å². The number of carbonyl (C=O) groups excluding carboxylic acids is 3. The molecule has 131 heavy (non-hydrogen) atoms. The van der Waals surface area contributed by atoms with Crippen LogP contribution in [0, 0.1) is 97.6 Å². The molecule has 11 N–H and O–H groups in total. The number of hydrogen-bond acceptors (Lipinski definition) is 27. The highest BCUT2D eigenvalue weighted by atomic mass is 32.2. The average molecular weight is 1930 g/mol. The van der Waals surface area contributed by atoms with Gasteiger partial charge >= 0.3 is 35.8 Å². The second-order valence-corrected chi connectivity index (χ2v) is 38.6. The predicted molar refractivity (Wildman–Crippen MR) is 533 cm³/mol. The van der Waals surface area contributed by atoms with E-state index in [2.05, 4.69) is 114 Å². The van der Waals surface area contributed by atoms with Crippen LogP contribution in [0.2, 0.25) is 0 Å². The number of esters is 3. The van der Waals surface area contributed by atoms with E-state index in [9.17, 15) is 69.6 Å². The Morgan fingerprint density at radius 3 is 1.07 bits per heavy atom. The Hall–Kier alpha value is -5.88. The predicted octanol–water partition coefficient (Wildman–Crippen LogP) is 17.3. The van der Waals surface area contributed by atoms with E-state index in [0.717, 1.165) is 92.1 Å². The molecule has 0 aliphatic heterocycles. The number of aliphatic carboxylic acids is 3. The highest BCUT2D eigenvalue weighted by Crippen LogP contribution is 2.48. The molecule has 0 bridgehead atoms. The van der Waals surface area contributed by atoms with Crippen LogP contribution >= 0.6 is 47.0 Å². The molecule has 754 valence electrons. The van der Waals surface area contributed by atoms with E-state index in [1.807, 2.05) is 90.0 Å². The van der Waals surface area contributed by atoms with Crippen molar-refractivity contribution in [3.8, 4) is 12.1 Å². The number of carboxylic acids is 3. The molecule has 0 saturated carbocycles. The Labute approximate surface area is 804 Å². The second-order valence-electron chi connectivity index (χ2n) is 34.0. The monoisotopic (exact) mass is 1930 g/mol. The summed E-state index contributed by atoms with van der Waals surface area (Å²) in [6.07, 6.45) is 29.5. The van der Waals surface area contributed by atoms with Gasteiger partial charge in [0, 0.05) is 82.9 Å². The summed E-state index contributed by atoms with van der Waals surface area (Å²) in [7, 11) is 2.82. The van der Waals surface area contributed by atoms with Gasteiger partial charge in [0.15, 0.2) is 0 Å². The van der Waals surface area contributed by atoms with Gasteiger partial charge in [0.2, 0.25) is 0 Å². The normalized spacial score (nSPS) is 15.3. The van der Waals surface area contributed by atoms with Crippen LogP contribution in [0.5, 0.6) is 0 Å². The van der Waals surface area contributed by atoms with Crippen molar-refractivity contribution in [2.45, 2.75) is 220 Å². The van der Waals surface area contributed by atoms with Crippen LogP contribution in [-0.4, -0.2) is 265 Å². The highest BCUT2D eigenvalue weighted by molar-refractivity contribution is 7.99. The minimum Gasteiger partial charge on any atom is -0.481 e. The topological polar surface area (TPSA) is 437 Å². The maximum absolute atomic E-state index is 12.0. The summed E-state index contributed by atoms with van der Waals surface area (Å²) in [6.45, 7) is 38.2. The maximum atomic E-state index is 12.0. The smallest absolute Gasteiger partial charge is 0.308 e. The number of thioether (sulfide) groups is 4. The third-order valence-electron chi connectivity index (χ3n) is 23.2. The Morgan fingerprint density at radius 2 is 0.779 bits per heavy atom. The summed E-state index contributed by atoms with van der Waals surface area (Å²) in [5.74, 6) is 4.10. The van der Waals surface area contributed by atoms with Gasteiger partial charge in [0.25, 0.3) is 0 Å². The molecule has 0 amide bonds. The first-order valence-electron chi connectivity index (χ1n) is 46.7. The molecule has 4 aliphatic carbocycles. The van der Waals surface area contributed by atoms with Crippen LogP contribution in [0.3, 0.4) is 0 Å². The van der Waals surface area contributed by atoms with Crippen molar-refractivity contribution in [2.75, 3.05) is 173 Å². The second kappa shape index (κ2) is 81.3. The number of methoxy groups -OCH3 is 2. The molecule has 26 nitrogen and oxygen atoms in total. The Kier molecular flexibility index (Phi) is 81.6. The van der Waals surface area contributed by atoms with Gasteiger partial charge in [-0.25, -0.2) is 0 Å². The summed E-state index contributed by atoms with van der Waals surface area (Å²) in [5, 5.41) is 117. The van der Waals surface area contributed by atoms with Gasteiger partial charge in [-0.15, -0.1) is 0 Å². The molecular formula is C101H172N2O24S4. The number of rotatable bonds is 58. The van der Waals surface area contributed by atoms with E-state index < -0.39 is 39.6 Å². The van der Waals surface area contributed by atoms with E-state index in [4.69, 9.17) is 49.5 Å². The van der Waals surface area contributed by atoms with Gasteiger partial charge in [0.1, 0.15) is 6.61 Å². The van der Waals surface area contributed by atoms with Crippen LogP contribution in [0.4, 0.5) is 0 Å². The molecule has 10 atom stereocenters. The van der Waals surface area contributed by atoms with Crippen LogP contribution in [-0.2, 0) is 61.9 Å². The van der Waals surface area contributed by atoms with E-state index in [-0.39, 0.29) is 118 Å². The van der Waals surface area contributed by atoms with Gasteiger partial charge in [-0.2, -0.15) is 57.6 Å². The maximum Gasteiger partial charge on any atom is 0.308 e. The Bertz CT molecular complexity index is 3310. The number of aliphatic hydroxyl groups excluding tert-OH is 8. The Morgan fingerprint density at radius 1 is 0.427 bits per heavy atom. The standard InChI is InChI=1S/C22H22O2.C13H25NO3S.3C13H26O5S.C10H14.2C6H12O2.C5H9N/c1-3-14(2)22(23)24-13-18-10-9-17-8-7-15-5-4-6-16-11-12-19(18)21(17)20(15)16;1-3-13(9-15,10-16)11-17-5-4-6-18-8-12(2)7-14;3*1-3-13(8-14,9-15)10-18-5-4-6-19-7-11(2)12(16)17;1-3-9(2)10-7-5-4-6-8-10;2*1-4-5(2)6(7)8-3;1-3-5(2)4-6/h4,6-12,14,21H,3,5,13H2,1-2H3;12,15-16H,3-6,8-11H2,1-2H3;3*11,14-15H,3-10H2,1-2H3,(H,16,17);4-9H,3H2,1-2H3;2*5H,4H2,1-3H3;5H,3H2,1-2H3. The zero-order valence-corrected chi connectivity index (χ0v) is 86.4. The number of carboxylic acid groups (broad SMARTS) is 3. The Balaban J connectivity index is -0.000000712. The number of carbonyl (C=O) groups is 6. The lowest BCUT2D eigenvalue weighted by atomic mass is 9.68. The number of hydrogen-bond donors (Lipinski definition) is 11. The van der Waals surface area contributed by atoms with Crippen molar-refractivity contribution < 1.29 is 118 Å². The molecule has 0 fully saturated rings. The highest BCUT2D eigenvalue weighted by Gasteiger charge is 2.35. The zero-order chi connectivity index (χ0) is 100. The van der Waals surface area contributed by atoms with Crippen molar-refractivity contribution in [3.63, 3.8) is 0 Å². The lowest BCUT2D eigenvalue weighted by Gasteiger charge is -2.36. The van der Waals surface area contributed by atoms with Gasteiger partial charge in [0.05, 0.1) is 147 Å². The van der Waals surface area contributed by atoms with Gasteiger partial charge < -0.3 is 89.3 Å². The number of nitrogens with zero attached hydrogens (tertiary/aromatic N) is 2. The number of nitriles is 2. The van der Waals surface area contributed by atoms with Gasteiger partial charge in [-0.05, 0) is 172 Å². The minimum atomic E-state index is -0.762. The van der Waals surface area contributed by atoms with Crippen molar-refractivity contribution in [1.82, 2.24) is 0 Å². The summed E-state index contributed by atoms with van der Waals surface area (Å²) in [4.78, 5) is 64.8. The molecular weight excluding hydrogens is 1750 g/mol. The summed E-state index contributed by atoms with van der Waals surface area (Å²) < 4.78 is 36.4. The number of aliphatic hydroxyl groups is 8. The van der Waals surface area contributed by atoms with Crippen LogP contribution < -0.4 is 0 Å². The van der Waals surface area contributed by atoms with Gasteiger partial charge in [-0.1, -0.05) is 190 Å². The average Bonchev–Trinajstić information content (AvgIpc) is 0.741. The molecule has 10 unspecified atom stereocenters. The zero-order valence-electron chi connectivity index (χ0n) is 83.1. The third-order valence-corrected chi connectivity index (χ3v) is 28.5. The fourth-order valence-electron chi connectivity index (χ4n) is 11.0. The lowest BCUT2D eigenvalue weighted by Crippen LogP contribution is -2.34. The summed E-state index contributed by atoms with van der Waals surface area (Å²) >= 11 is 6.58. The molecule has 0 spiro atoms. The van der Waals surface area contributed by atoms with Crippen molar-refractivity contribution in [2.24, 2.45) is 74.9 Å². The van der Waals surface area contributed by atoms with Crippen LogP contribution in [0.25, 0.3) is 0 Å². The largest absolute Gasteiger partial charge is 0.481 e. The van der Waals surface area contributed by atoms with Gasteiger partial charge in [-0.3, -0.25) is 28.8 Å². The minimum absolute atomic E-state index is 0.0393. The first-order chi connectivity index (χ1) is 62.4. The van der Waals surface area contributed by atoms with Crippen molar-refractivity contribution in [3.05, 3.63) is 118 Å². The molecule has 1 aromatic rings. The van der Waals surface area contributed by atoms with E-state index >= 15 is 0 Å². The molecule has 30 heteroatoms. The van der Waals surface area contributed by atoms with E-state index in [1.165, 1.54) is 54.1 Å². The molecule has 0 saturated heterocycles. The van der Waals surface area contributed by atoms with E-state index in [0.29, 0.717) is 114 Å². The molecule has 5 rings (SSSR count). The number of allylic oxidation sites excluding steroid dienone is 12. The molecule has 0 aromatic heterocycles. The van der Waals surface area contributed by atoms with Crippen molar-refractivity contribution >= 4 is 82.9 Å². The van der Waals surface area contributed by atoms with E-state index in [1.54, 1.807) is 67.8 Å². The lowest BCUT2D eigenvalue weighted by molar-refractivity contribution is -0.147. The number of ether oxygens (including phenoxy) is 7. The molecule has 4 aliphatic rings. The third kappa shape index (κ3) is 58.3. The summed E-state index contributed by atoms with van der Waals surface area (Å²) in [6, 6.07) is 15.0. The first-order valence-corrected chi connectivity index (χ1v) is 51.3. The summed E-state index contributed by atoms with van der Waals surface area (Å²) in [5.41, 5.74) is 7.23.